The lowest BCUT2D eigenvalue weighted by Crippen LogP contribution is -1.85. The highest BCUT2D eigenvalue weighted by Crippen LogP contribution is 2.42. The lowest BCUT2D eigenvalue weighted by atomic mass is 9.94. The number of aromatic hydroxyl groups is 1. The van der Waals surface area contributed by atoms with Crippen LogP contribution in [0.4, 0.5) is 0 Å². The maximum atomic E-state index is 9.45. The molecule has 0 atom stereocenters. The van der Waals surface area contributed by atoms with Gasteiger partial charge < -0.3 is 5.11 Å². The van der Waals surface area contributed by atoms with Gasteiger partial charge in [-0.25, -0.2) is 0 Å². The molecular weight excluding hydrogens is 244 g/mol. The molecule has 0 fully saturated rings. The van der Waals surface area contributed by atoms with Gasteiger partial charge >= 0.3 is 0 Å². The van der Waals surface area contributed by atoms with Crippen LogP contribution in [0.2, 0.25) is 0 Å². The molecule has 0 radical (unpaired) electrons. The number of rotatable bonds is 1. The van der Waals surface area contributed by atoms with E-state index < -0.39 is 0 Å². The molecule has 3 aromatic carbocycles. The van der Waals surface area contributed by atoms with Crippen LogP contribution < -0.4 is 0 Å². The van der Waals surface area contributed by atoms with E-state index in [-0.39, 0.29) is 0 Å². The van der Waals surface area contributed by atoms with Gasteiger partial charge in [0.25, 0.3) is 0 Å². The van der Waals surface area contributed by atoms with Crippen molar-refractivity contribution in [1.82, 2.24) is 0 Å². The first-order valence-corrected chi connectivity index (χ1v) is 6.82. The topological polar surface area (TPSA) is 20.2 Å². The SMILES string of the molecule is Oc1ccc(-c2cccc3c2-c2ccccc2C3)cc1. The summed E-state index contributed by atoms with van der Waals surface area (Å²) in [6.45, 7) is 0. The molecule has 0 bridgehead atoms. The van der Waals surface area contributed by atoms with Crippen molar-refractivity contribution in [3.05, 3.63) is 77.9 Å². The summed E-state index contributed by atoms with van der Waals surface area (Å²) in [7, 11) is 0. The number of phenols is 1. The third-order valence-electron chi connectivity index (χ3n) is 4.00. The van der Waals surface area contributed by atoms with Crippen molar-refractivity contribution in [1.29, 1.82) is 0 Å². The Hall–Kier alpha value is -2.54. The van der Waals surface area contributed by atoms with E-state index in [2.05, 4.69) is 42.5 Å². The predicted octanol–water partition coefficient (Wildman–Crippen LogP) is 4.63. The average Bonchev–Trinajstić information content (AvgIpc) is 2.86. The van der Waals surface area contributed by atoms with E-state index >= 15 is 0 Å². The first kappa shape index (κ1) is 11.3. The molecule has 0 amide bonds. The Morgan fingerprint density at radius 1 is 0.650 bits per heavy atom. The normalized spacial score (nSPS) is 12.0. The van der Waals surface area contributed by atoms with Gasteiger partial charge in [-0.2, -0.15) is 0 Å². The number of hydrogen-bond donors (Lipinski definition) is 1. The van der Waals surface area contributed by atoms with Gasteiger partial charge in [-0.05, 0) is 51.9 Å². The molecule has 0 unspecified atom stereocenters. The van der Waals surface area contributed by atoms with E-state index in [4.69, 9.17) is 0 Å². The second-order valence-corrected chi connectivity index (χ2v) is 5.22. The standard InChI is InChI=1S/C19H14O/c20-16-10-8-13(9-11-16)17-7-3-5-15-12-14-4-1-2-6-18(14)19(15)17/h1-11,20H,12H2. The van der Waals surface area contributed by atoms with Crippen LogP contribution in [-0.2, 0) is 6.42 Å². The van der Waals surface area contributed by atoms with Crippen LogP contribution in [0.25, 0.3) is 22.3 Å². The quantitative estimate of drug-likeness (QED) is 0.527. The van der Waals surface area contributed by atoms with Crippen molar-refractivity contribution < 1.29 is 5.11 Å². The van der Waals surface area contributed by atoms with Crippen molar-refractivity contribution >= 4 is 0 Å². The number of phenolic OH excluding ortho intramolecular Hbond substituents is 1. The molecular formula is C19H14O. The van der Waals surface area contributed by atoms with Crippen LogP contribution in [0.5, 0.6) is 5.75 Å². The summed E-state index contributed by atoms with van der Waals surface area (Å²) in [6, 6.07) is 22.5. The lowest BCUT2D eigenvalue weighted by Gasteiger charge is -2.10. The first-order chi connectivity index (χ1) is 9.83. The molecule has 1 aliphatic rings. The van der Waals surface area contributed by atoms with Gasteiger partial charge in [0.2, 0.25) is 0 Å². The number of benzene rings is 3. The summed E-state index contributed by atoms with van der Waals surface area (Å²) in [5.41, 5.74) is 7.86. The zero-order chi connectivity index (χ0) is 13.5. The van der Waals surface area contributed by atoms with Gasteiger partial charge in [0.15, 0.2) is 0 Å². The molecule has 4 rings (SSSR count). The van der Waals surface area contributed by atoms with Gasteiger partial charge in [0.05, 0.1) is 0 Å². The molecule has 1 aliphatic carbocycles. The van der Waals surface area contributed by atoms with Gasteiger partial charge in [-0.1, -0.05) is 54.6 Å². The molecule has 0 saturated carbocycles. The molecule has 0 spiro atoms. The van der Waals surface area contributed by atoms with Crippen LogP contribution >= 0.6 is 0 Å². The number of fused-ring (bicyclic) bond motifs is 3. The summed E-state index contributed by atoms with van der Waals surface area (Å²) in [5.74, 6) is 0.307. The molecule has 1 N–H and O–H groups in total. The second kappa shape index (κ2) is 4.24. The maximum Gasteiger partial charge on any atom is 0.115 e. The second-order valence-electron chi connectivity index (χ2n) is 5.22. The Labute approximate surface area is 118 Å². The smallest absolute Gasteiger partial charge is 0.115 e. The van der Waals surface area contributed by atoms with E-state index in [0.717, 1.165) is 12.0 Å². The van der Waals surface area contributed by atoms with Crippen LogP contribution in [0.3, 0.4) is 0 Å². The predicted molar refractivity (Wildman–Crippen MR) is 81.8 cm³/mol. The molecule has 96 valence electrons. The van der Waals surface area contributed by atoms with E-state index in [1.807, 2.05) is 12.1 Å². The molecule has 1 nitrogen and oxygen atoms in total. The van der Waals surface area contributed by atoms with Crippen molar-refractivity contribution in [2.24, 2.45) is 0 Å². The zero-order valence-corrected chi connectivity index (χ0v) is 11.0. The van der Waals surface area contributed by atoms with Gasteiger partial charge in [0, 0.05) is 0 Å². The minimum Gasteiger partial charge on any atom is -0.508 e. The fourth-order valence-corrected chi connectivity index (χ4v) is 3.07. The van der Waals surface area contributed by atoms with E-state index in [1.165, 1.54) is 27.8 Å². The Balaban J connectivity index is 1.97. The number of hydrogen-bond acceptors (Lipinski definition) is 1. The highest BCUT2D eigenvalue weighted by atomic mass is 16.3. The molecule has 0 aromatic heterocycles. The third kappa shape index (κ3) is 1.64. The Kier molecular flexibility index (Phi) is 2.40. The molecule has 0 saturated heterocycles. The van der Waals surface area contributed by atoms with E-state index in [0.29, 0.717) is 5.75 Å². The average molecular weight is 258 g/mol. The fraction of sp³-hybridized carbons (Fsp3) is 0.0526. The minimum absolute atomic E-state index is 0.307. The van der Waals surface area contributed by atoms with Crippen LogP contribution in [0, 0.1) is 0 Å². The largest absolute Gasteiger partial charge is 0.508 e. The Bertz CT molecular complexity index is 785. The molecule has 0 heterocycles. The first-order valence-electron chi connectivity index (χ1n) is 6.82. The van der Waals surface area contributed by atoms with Gasteiger partial charge in [0.1, 0.15) is 5.75 Å². The molecule has 3 aromatic rings. The molecule has 20 heavy (non-hydrogen) atoms. The van der Waals surface area contributed by atoms with Crippen molar-refractivity contribution in [3.8, 4) is 28.0 Å². The van der Waals surface area contributed by atoms with Gasteiger partial charge in [-0.15, -0.1) is 0 Å². The summed E-state index contributed by atoms with van der Waals surface area (Å²) < 4.78 is 0. The van der Waals surface area contributed by atoms with Crippen molar-refractivity contribution in [2.75, 3.05) is 0 Å². The summed E-state index contributed by atoms with van der Waals surface area (Å²) in [5, 5.41) is 9.45. The summed E-state index contributed by atoms with van der Waals surface area (Å²) >= 11 is 0. The van der Waals surface area contributed by atoms with Gasteiger partial charge in [-0.3, -0.25) is 0 Å². The van der Waals surface area contributed by atoms with Crippen LogP contribution in [0.1, 0.15) is 11.1 Å². The van der Waals surface area contributed by atoms with Crippen LogP contribution in [-0.4, -0.2) is 5.11 Å². The Morgan fingerprint density at radius 2 is 1.35 bits per heavy atom. The van der Waals surface area contributed by atoms with Crippen LogP contribution in [0.15, 0.2) is 66.7 Å². The summed E-state index contributed by atoms with van der Waals surface area (Å²) in [6.07, 6.45) is 1.01. The van der Waals surface area contributed by atoms with Crippen molar-refractivity contribution in [3.63, 3.8) is 0 Å². The highest BCUT2D eigenvalue weighted by molar-refractivity contribution is 5.90. The monoisotopic (exact) mass is 258 g/mol. The van der Waals surface area contributed by atoms with Crippen molar-refractivity contribution in [2.45, 2.75) is 6.42 Å². The molecule has 1 heteroatoms. The summed E-state index contributed by atoms with van der Waals surface area (Å²) in [4.78, 5) is 0. The zero-order valence-electron chi connectivity index (χ0n) is 11.0. The Morgan fingerprint density at radius 3 is 2.20 bits per heavy atom. The maximum absolute atomic E-state index is 9.45. The molecule has 0 aliphatic heterocycles. The minimum atomic E-state index is 0.307. The lowest BCUT2D eigenvalue weighted by molar-refractivity contribution is 0.475. The fourth-order valence-electron chi connectivity index (χ4n) is 3.07. The third-order valence-corrected chi connectivity index (χ3v) is 4.00. The van der Waals surface area contributed by atoms with E-state index in [9.17, 15) is 5.11 Å². The van der Waals surface area contributed by atoms with E-state index in [1.54, 1.807) is 12.1 Å². The highest BCUT2D eigenvalue weighted by Gasteiger charge is 2.21.